The number of nitrogens with one attached hydrogen (secondary N) is 1. The summed E-state index contributed by atoms with van der Waals surface area (Å²) >= 11 is 0. The van der Waals surface area contributed by atoms with E-state index < -0.39 is 11.5 Å². The fourth-order valence-electron chi connectivity index (χ4n) is 2.73. The Morgan fingerprint density at radius 1 is 1.26 bits per heavy atom. The molecule has 0 aliphatic heterocycles. The number of amides is 1. The first-order chi connectivity index (χ1) is 10.9. The Morgan fingerprint density at radius 2 is 2.00 bits per heavy atom. The number of hydrogen-bond donors (Lipinski definition) is 1. The Hall–Kier alpha value is -2.31. The molecule has 0 saturated heterocycles. The van der Waals surface area contributed by atoms with Crippen LogP contribution >= 0.6 is 0 Å². The Labute approximate surface area is 132 Å². The van der Waals surface area contributed by atoms with E-state index in [0.717, 1.165) is 0 Å². The Morgan fingerprint density at radius 3 is 2.65 bits per heavy atom. The van der Waals surface area contributed by atoms with Crippen molar-refractivity contribution in [3.8, 4) is 5.82 Å². The number of hydrogen-bond acceptors (Lipinski definition) is 3. The van der Waals surface area contributed by atoms with Gasteiger partial charge >= 0.3 is 0 Å². The molecule has 122 valence electrons. The predicted octanol–water partition coefficient (Wildman–Crippen LogP) is 2.97. The minimum atomic E-state index is -2.62. The fraction of sp³-hybridized carbons (Fsp3) is 0.438. The van der Waals surface area contributed by atoms with Crippen molar-refractivity contribution in [3.63, 3.8) is 0 Å². The molecule has 0 radical (unpaired) electrons. The lowest BCUT2D eigenvalue weighted by Crippen LogP contribution is -2.50. The number of halogens is 2. The molecule has 1 saturated carbocycles. The van der Waals surface area contributed by atoms with Gasteiger partial charge in [-0.1, -0.05) is 0 Å². The van der Waals surface area contributed by atoms with E-state index in [9.17, 15) is 13.6 Å². The molecule has 0 unspecified atom stereocenters. The number of carbonyl (C=O) groups excluding carboxylic acids is 1. The fourth-order valence-corrected chi connectivity index (χ4v) is 2.73. The highest BCUT2D eigenvalue weighted by Crippen LogP contribution is 2.38. The summed E-state index contributed by atoms with van der Waals surface area (Å²) in [6.45, 7) is 1.82. The second-order valence-corrected chi connectivity index (χ2v) is 6.24. The Bertz CT molecular complexity index is 690. The molecule has 5 nitrogen and oxygen atoms in total. The van der Waals surface area contributed by atoms with E-state index in [1.54, 1.807) is 41.6 Å². The van der Waals surface area contributed by atoms with Crippen molar-refractivity contribution in [2.45, 2.75) is 44.1 Å². The highest BCUT2D eigenvalue weighted by molar-refractivity contribution is 5.95. The van der Waals surface area contributed by atoms with Gasteiger partial charge in [0.05, 0.1) is 0 Å². The molecule has 0 bridgehead atoms. The first-order valence-electron chi connectivity index (χ1n) is 7.52. The van der Waals surface area contributed by atoms with E-state index in [1.807, 2.05) is 6.92 Å². The summed E-state index contributed by atoms with van der Waals surface area (Å²) in [7, 11) is 0. The van der Waals surface area contributed by atoms with Gasteiger partial charge in [0.25, 0.3) is 5.91 Å². The van der Waals surface area contributed by atoms with Gasteiger partial charge in [0, 0.05) is 42.5 Å². The third-order valence-corrected chi connectivity index (χ3v) is 4.28. The number of imidazole rings is 1. The maximum absolute atomic E-state index is 13.3. The minimum absolute atomic E-state index is 0.194. The van der Waals surface area contributed by atoms with Crippen molar-refractivity contribution in [3.05, 3.63) is 42.6 Å². The summed E-state index contributed by atoms with van der Waals surface area (Å²) < 4.78 is 28.3. The average molecular weight is 320 g/mol. The summed E-state index contributed by atoms with van der Waals surface area (Å²) in [5, 5.41) is 2.90. The first-order valence-corrected chi connectivity index (χ1v) is 7.52. The topological polar surface area (TPSA) is 59.8 Å². The monoisotopic (exact) mass is 320 g/mol. The maximum Gasteiger partial charge on any atom is 0.251 e. The van der Waals surface area contributed by atoms with Gasteiger partial charge in [-0.3, -0.25) is 9.36 Å². The molecule has 2 aromatic heterocycles. The van der Waals surface area contributed by atoms with Gasteiger partial charge in [0.1, 0.15) is 12.1 Å². The van der Waals surface area contributed by atoms with Gasteiger partial charge in [0.15, 0.2) is 0 Å². The molecular weight excluding hydrogens is 302 g/mol. The number of aromatic nitrogens is 3. The summed E-state index contributed by atoms with van der Waals surface area (Å²) in [5.41, 5.74) is -0.153. The lowest BCUT2D eigenvalue weighted by Gasteiger charge is -2.37. The van der Waals surface area contributed by atoms with Gasteiger partial charge in [0.2, 0.25) is 5.92 Å². The standard InChI is InChI=1S/C16H18F2N4O/c1-15(3-5-16(17,18)6-4-15)21-14(23)12-2-7-20-13(10-12)22-9-8-19-11-22/h2,7-11H,3-6H2,1H3,(H,21,23). The lowest BCUT2D eigenvalue weighted by atomic mass is 9.81. The third kappa shape index (κ3) is 3.55. The summed E-state index contributed by atoms with van der Waals surface area (Å²) in [6, 6.07) is 3.26. The molecule has 0 atom stereocenters. The summed E-state index contributed by atoms with van der Waals surface area (Å²) in [5.74, 6) is -2.31. The van der Waals surface area contributed by atoms with Gasteiger partial charge in [-0.05, 0) is 31.9 Å². The number of rotatable bonds is 3. The Kier molecular flexibility index (Phi) is 3.87. The largest absolute Gasteiger partial charge is 0.347 e. The number of nitrogens with zero attached hydrogens (tertiary/aromatic N) is 3. The SMILES string of the molecule is CC1(NC(=O)c2ccnc(-n3ccnc3)c2)CCC(F)(F)CC1. The molecule has 1 aliphatic rings. The Balaban J connectivity index is 1.73. The van der Waals surface area contributed by atoms with Crippen molar-refractivity contribution in [2.75, 3.05) is 0 Å². The van der Waals surface area contributed by atoms with Crippen LogP contribution in [-0.2, 0) is 0 Å². The van der Waals surface area contributed by atoms with Gasteiger partial charge in [-0.15, -0.1) is 0 Å². The highest BCUT2D eigenvalue weighted by atomic mass is 19.3. The molecule has 0 aromatic carbocycles. The highest BCUT2D eigenvalue weighted by Gasteiger charge is 2.41. The number of pyridine rings is 1. The molecule has 2 aromatic rings. The molecule has 1 N–H and O–H groups in total. The average Bonchev–Trinajstić information content (AvgIpc) is 3.05. The molecule has 1 fully saturated rings. The van der Waals surface area contributed by atoms with Crippen LogP contribution in [-0.4, -0.2) is 31.9 Å². The van der Waals surface area contributed by atoms with Crippen LogP contribution in [0.4, 0.5) is 8.78 Å². The zero-order chi connectivity index (χ0) is 16.5. The van der Waals surface area contributed by atoms with E-state index in [4.69, 9.17) is 0 Å². The van der Waals surface area contributed by atoms with E-state index >= 15 is 0 Å². The van der Waals surface area contributed by atoms with E-state index in [-0.39, 0.29) is 31.6 Å². The van der Waals surface area contributed by atoms with Crippen LogP contribution in [0, 0.1) is 0 Å². The van der Waals surface area contributed by atoms with Crippen molar-refractivity contribution in [1.29, 1.82) is 0 Å². The normalized spacial score (nSPS) is 19.3. The van der Waals surface area contributed by atoms with Crippen LogP contribution in [0.3, 0.4) is 0 Å². The van der Waals surface area contributed by atoms with Crippen LogP contribution in [0.1, 0.15) is 43.0 Å². The van der Waals surface area contributed by atoms with E-state index in [1.165, 1.54) is 0 Å². The molecule has 1 aliphatic carbocycles. The van der Waals surface area contributed by atoms with Crippen LogP contribution in [0.25, 0.3) is 5.82 Å². The molecule has 2 heterocycles. The lowest BCUT2D eigenvalue weighted by molar-refractivity contribution is -0.0522. The van der Waals surface area contributed by atoms with E-state index in [2.05, 4.69) is 15.3 Å². The van der Waals surface area contributed by atoms with Crippen LogP contribution in [0.2, 0.25) is 0 Å². The smallest absolute Gasteiger partial charge is 0.251 e. The van der Waals surface area contributed by atoms with E-state index in [0.29, 0.717) is 11.4 Å². The maximum atomic E-state index is 13.3. The first kappa shape index (κ1) is 15.6. The van der Waals surface area contributed by atoms with Crippen LogP contribution in [0.5, 0.6) is 0 Å². The quantitative estimate of drug-likeness (QED) is 0.946. The summed E-state index contributed by atoms with van der Waals surface area (Å²) in [6.07, 6.45) is 6.64. The zero-order valence-electron chi connectivity index (χ0n) is 12.8. The second-order valence-electron chi connectivity index (χ2n) is 6.24. The van der Waals surface area contributed by atoms with Crippen molar-refractivity contribution in [2.24, 2.45) is 0 Å². The zero-order valence-corrected chi connectivity index (χ0v) is 12.8. The van der Waals surface area contributed by atoms with Crippen LogP contribution < -0.4 is 5.32 Å². The predicted molar refractivity (Wildman–Crippen MR) is 80.6 cm³/mol. The van der Waals surface area contributed by atoms with Crippen LogP contribution in [0.15, 0.2) is 37.1 Å². The van der Waals surface area contributed by atoms with Gasteiger partial charge < -0.3 is 5.32 Å². The minimum Gasteiger partial charge on any atom is -0.347 e. The second kappa shape index (κ2) is 5.72. The van der Waals surface area contributed by atoms with Crippen molar-refractivity contribution in [1.82, 2.24) is 19.9 Å². The molecule has 0 spiro atoms. The third-order valence-electron chi connectivity index (χ3n) is 4.28. The van der Waals surface area contributed by atoms with Crippen molar-refractivity contribution < 1.29 is 13.6 Å². The van der Waals surface area contributed by atoms with Crippen molar-refractivity contribution >= 4 is 5.91 Å². The molecule has 23 heavy (non-hydrogen) atoms. The molecule has 7 heteroatoms. The molecule has 3 rings (SSSR count). The van der Waals surface area contributed by atoms with Gasteiger partial charge in [-0.25, -0.2) is 18.7 Å². The molecule has 1 amide bonds. The molecular formula is C16H18F2N4O. The number of carbonyl (C=O) groups is 1. The van der Waals surface area contributed by atoms with Gasteiger partial charge in [-0.2, -0.15) is 0 Å². The number of alkyl halides is 2. The summed E-state index contributed by atoms with van der Waals surface area (Å²) in [4.78, 5) is 20.6.